The Kier molecular flexibility index (Phi) is 5.09. The maximum absolute atomic E-state index is 14.5. The van der Waals surface area contributed by atoms with E-state index in [0.29, 0.717) is 31.1 Å². The summed E-state index contributed by atoms with van der Waals surface area (Å²) in [6, 6.07) is 3.58. The van der Waals surface area contributed by atoms with E-state index in [9.17, 15) is 13.6 Å². The van der Waals surface area contributed by atoms with E-state index in [1.165, 1.54) is 22.9 Å². The first-order chi connectivity index (χ1) is 15.5. The number of anilines is 2. The van der Waals surface area contributed by atoms with Crippen LogP contribution >= 0.6 is 0 Å². The van der Waals surface area contributed by atoms with E-state index in [2.05, 4.69) is 9.97 Å². The van der Waals surface area contributed by atoms with E-state index < -0.39 is 11.6 Å². The van der Waals surface area contributed by atoms with Gasteiger partial charge in [-0.3, -0.25) is 9.36 Å². The zero-order valence-corrected chi connectivity index (χ0v) is 17.7. The highest BCUT2D eigenvalue weighted by atomic mass is 19.2. The van der Waals surface area contributed by atoms with Gasteiger partial charge in [-0.2, -0.15) is 4.98 Å². The molecule has 166 valence electrons. The highest BCUT2D eigenvalue weighted by molar-refractivity contribution is 6.04. The van der Waals surface area contributed by atoms with Crippen LogP contribution < -0.4 is 9.80 Å². The SMILES string of the molecule is CC[C@@H]1C(=O)N(C)c2cnc(-n3ccnc3-c3cccc(F)c3F)nc2N1C1CCOC1. The first-order valence-electron chi connectivity index (χ1n) is 10.5. The van der Waals surface area contributed by atoms with Crippen LogP contribution in [0, 0.1) is 11.6 Å². The molecule has 0 bridgehead atoms. The summed E-state index contributed by atoms with van der Waals surface area (Å²) >= 11 is 0. The van der Waals surface area contributed by atoms with Gasteiger partial charge in [-0.25, -0.2) is 18.7 Å². The largest absolute Gasteiger partial charge is 0.379 e. The van der Waals surface area contributed by atoms with Crippen molar-refractivity contribution in [3.05, 3.63) is 48.4 Å². The molecule has 1 amide bonds. The van der Waals surface area contributed by atoms with Crippen molar-refractivity contribution in [1.82, 2.24) is 19.5 Å². The monoisotopic (exact) mass is 440 g/mol. The van der Waals surface area contributed by atoms with Crippen LogP contribution in [0.5, 0.6) is 0 Å². The predicted molar refractivity (Wildman–Crippen MR) is 114 cm³/mol. The van der Waals surface area contributed by atoms with Crippen molar-refractivity contribution in [3.63, 3.8) is 0 Å². The molecule has 2 atom stereocenters. The van der Waals surface area contributed by atoms with E-state index in [-0.39, 0.29) is 35.3 Å². The van der Waals surface area contributed by atoms with Crippen LogP contribution in [0.3, 0.4) is 0 Å². The number of nitrogens with zero attached hydrogens (tertiary/aromatic N) is 6. The number of amides is 1. The standard InChI is InChI=1S/C22H22F2N6O2/c1-3-16-21(31)28(2)17-11-26-22(27-20(17)30(16)13-7-10-32-12-13)29-9-8-25-19(29)14-5-4-6-15(23)18(14)24/h4-6,8-9,11,13,16H,3,7,10,12H2,1-2H3/t13?,16-/m1/s1. The van der Waals surface area contributed by atoms with Crippen LogP contribution in [-0.4, -0.2) is 57.8 Å². The minimum Gasteiger partial charge on any atom is -0.379 e. The third-order valence-electron chi connectivity index (χ3n) is 6.03. The first kappa shape index (κ1) is 20.5. The molecule has 1 aromatic carbocycles. The van der Waals surface area contributed by atoms with Gasteiger partial charge in [0.25, 0.3) is 0 Å². The minimum atomic E-state index is -0.987. The van der Waals surface area contributed by atoms with Gasteiger partial charge in [-0.1, -0.05) is 13.0 Å². The van der Waals surface area contributed by atoms with Crippen LogP contribution in [0.1, 0.15) is 19.8 Å². The second kappa shape index (κ2) is 7.94. The average molecular weight is 440 g/mol. The summed E-state index contributed by atoms with van der Waals surface area (Å²) in [7, 11) is 1.71. The highest BCUT2D eigenvalue weighted by Crippen LogP contribution is 2.38. The number of hydrogen-bond donors (Lipinski definition) is 0. The summed E-state index contributed by atoms with van der Waals surface area (Å²) in [4.78, 5) is 30.0. The predicted octanol–water partition coefficient (Wildman–Crippen LogP) is 2.96. The maximum atomic E-state index is 14.5. The molecule has 32 heavy (non-hydrogen) atoms. The highest BCUT2D eigenvalue weighted by Gasteiger charge is 2.41. The van der Waals surface area contributed by atoms with Gasteiger partial charge in [-0.15, -0.1) is 0 Å². The summed E-state index contributed by atoms with van der Waals surface area (Å²) < 4.78 is 35.4. The van der Waals surface area contributed by atoms with Gasteiger partial charge in [-0.05, 0) is 25.0 Å². The average Bonchev–Trinajstić information content (AvgIpc) is 3.50. The number of fused-ring (bicyclic) bond motifs is 1. The molecule has 5 rings (SSSR count). The normalized spacial score (nSPS) is 20.7. The summed E-state index contributed by atoms with van der Waals surface area (Å²) in [6.45, 7) is 3.10. The fourth-order valence-corrected chi connectivity index (χ4v) is 4.39. The Labute approximate surface area is 183 Å². The number of benzene rings is 1. The molecule has 0 N–H and O–H groups in total. The number of hydrogen-bond acceptors (Lipinski definition) is 6. The summed E-state index contributed by atoms with van der Waals surface area (Å²) in [5.74, 6) is -0.917. The zero-order chi connectivity index (χ0) is 22.4. The Morgan fingerprint density at radius 2 is 2.09 bits per heavy atom. The molecule has 1 saturated heterocycles. The molecule has 1 fully saturated rings. The molecule has 3 aromatic rings. The molecule has 1 unspecified atom stereocenters. The zero-order valence-electron chi connectivity index (χ0n) is 17.7. The van der Waals surface area contributed by atoms with Crippen molar-refractivity contribution in [3.8, 4) is 17.3 Å². The van der Waals surface area contributed by atoms with Gasteiger partial charge in [0, 0.05) is 26.0 Å². The molecule has 8 nitrogen and oxygen atoms in total. The molecule has 0 saturated carbocycles. The first-order valence-corrected chi connectivity index (χ1v) is 10.5. The Bertz CT molecular complexity index is 1180. The Morgan fingerprint density at radius 1 is 1.25 bits per heavy atom. The topological polar surface area (TPSA) is 76.4 Å². The molecule has 10 heteroatoms. The number of ether oxygens (including phenoxy) is 1. The summed E-state index contributed by atoms with van der Waals surface area (Å²) in [5.41, 5.74) is 0.602. The van der Waals surface area contributed by atoms with Crippen molar-refractivity contribution >= 4 is 17.4 Å². The van der Waals surface area contributed by atoms with Gasteiger partial charge in [0.2, 0.25) is 11.9 Å². The molecular weight excluding hydrogens is 418 g/mol. The number of halogens is 2. The van der Waals surface area contributed by atoms with Crippen LogP contribution in [0.15, 0.2) is 36.8 Å². The molecule has 0 spiro atoms. The minimum absolute atomic E-state index is 0.0103. The van der Waals surface area contributed by atoms with E-state index >= 15 is 0 Å². The van der Waals surface area contributed by atoms with Crippen LogP contribution in [-0.2, 0) is 9.53 Å². The smallest absolute Gasteiger partial charge is 0.249 e. The number of imidazole rings is 1. The molecule has 0 aliphatic carbocycles. The fraction of sp³-hybridized carbons (Fsp3) is 0.364. The van der Waals surface area contributed by atoms with Gasteiger partial charge in [0.15, 0.2) is 17.5 Å². The van der Waals surface area contributed by atoms with E-state index in [0.717, 1.165) is 12.5 Å². The van der Waals surface area contributed by atoms with Crippen molar-refractivity contribution in [2.45, 2.75) is 31.8 Å². The number of rotatable bonds is 4. The number of carbonyl (C=O) groups excluding carboxylic acids is 1. The van der Waals surface area contributed by atoms with E-state index in [1.54, 1.807) is 24.3 Å². The van der Waals surface area contributed by atoms with E-state index in [1.807, 2.05) is 11.8 Å². The van der Waals surface area contributed by atoms with Gasteiger partial charge >= 0.3 is 0 Å². The maximum Gasteiger partial charge on any atom is 0.249 e. The van der Waals surface area contributed by atoms with Crippen LogP contribution in [0.2, 0.25) is 0 Å². The van der Waals surface area contributed by atoms with Gasteiger partial charge in [0.1, 0.15) is 17.6 Å². The van der Waals surface area contributed by atoms with Crippen LogP contribution in [0.25, 0.3) is 17.3 Å². The number of likely N-dealkylation sites (N-methyl/N-ethyl adjacent to an activating group) is 1. The lowest BCUT2D eigenvalue weighted by molar-refractivity contribution is -0.120. The van der Waals surface area contributed by atoms with Gasteiger partial charge in [0.05, 0.1) is 24.4 Å². The third-order valence-corrected chi connectivity index (χ3v) is 6.03. The fourth-order valence-electron chi connectivity index (χ4n) is 4.39. The summed E-state index contributed by atoms with van der Waals surface area (Å²) in [5, 5.41) is 0. The molecule has 2 aliphatic heterocycles. The molecule has 2 aliphatic rings. The van der Waals surface area contributed by atoms with E-state index in [4.69, 9.17) is 9.72 Å². The summed E-state index contributed by atoms with van der Waals surface area (Å²) in [6.07, 6.45) is 6.06. The molecule has 0 radical (unpaired) electrons. The lowest BCUT2D eigenvalue weighted by Crippen LogP contribution is -2.56. The van der Waals surface area contributed by atoms with Crippen molar-refractivity contribution < 1.29 is 18.3 Å². The second-order valence-electron chi connectivity index (χ2n) is 7.85. The molecule has 4 heterocycles. The third kappa shape index (κ3) is 3.13. The van der Waals surface area contributed by atoms with Gasteiger partial charge < -0.3 is 14.5 Å². The van der Waals surface area contributed by atoms with Crippen LogP contribution in [0.4, 0.5) is 20.3 Å². The lowest BCUT2D eigenvalue weighted by Gasteiger charge is -2.43. The number of aromatic nitrogens is 4. The lowest BCUT2D eigenvalue weighted by atomic mass is 10.0. The molecule has 2 aromatic heterocycles. The number of carbonyl (C=O) groups is 1. The Hall–Kier alpha value is -3.40. The van der Waals surface area contributed by atoms with Crippen molar-refractivity contribution in [1.29, 1.82) is 0 Å². The van der Waals surface area contributed by atoms with Crippen molar-refractivity contribution in [2.24, 2.45) is 0 Å². The Morgan fingerprint density at radius 3 is 2.84 bits per heavy atom. The second-order valence-corrected chi connectivity index (χ2v) is 7.85. The van der Waals surface area contributed by atoms with Crippen molar-refractivity contribution in [2.75, 3.05) is 30.1 Å². The Balaban J connectivity index is 1.64. The molecular formula is C22H22F2N6O2. The quantitative estimate of drug-likeness (QED) is 0.621.